The van der Waals surface area contributed by atoms with Crippen molar-refractivity contribution in [2.75, 3.05) is 11.9 Å². The fourth-order valence-electron chi connectivity index (χ4n) is 1.99. The highest BCUT2D eigenvalue weighted by Crippen LogP contribution is 2.28. The number of halogens is 4. The third-order valence-corrected chi connectivity index (χ3v) is 4.00. The van der Waals surface area contributed by atoms with Crippen molar-refractivity contribution in [2.45, 2.75) is 19.4 Å². The summed E-state index contributed by atoms with van der Waals surface area (Å²) in [5.74, 6) is -4.03. The predicted molar refractivity (Wildman–Crippen MR) is 98.5 cm³/mol. The maximum atomic E-state index is 14.2. The minimum absolute atomic E-state index is 0.0294. The van der Waals surface area contributed by atoms with Crippen LogP contribution in [0.15, 0.2) is 30.3 Å². The van der Waals surface area contributed by atoms with Gasteiger partial charge in [0, 0.05) is 3.57 Å². The molecule has 0 saturated carbocycles. The summed E-state index contributed by atoms with van der Waals surface area (Å²) in [6.45, 7) is 1.58. The molecule has 5 nitrogen and oxygen atoms in total. The van der Waals surface area contributed by atoms with Crippen molar-refractivity contribution in [1.82, 2.24) is 5.48 Å². The van der Waals surface area contributed by atoms with Gasteiger partial charge in [0.2, 0.25) is 0 Å². The molecule has 1 amide bonds. The Hall–Kier alpha value is -1.85. The minimum atomic E-state index is -1.32. The van der Waals surface area contributed by atoms with Crippen LogP contribution in [0.3, 0.4) is 0 Å². The lowest BCUT2D eigenvalue weighted by molar-refractivity contribution is 0.0187. The number of rotatable bonds is 7. The molecule has 0 aromatic heterocycles. The first-order valence-corrected chi connectivity index (χ1v) is 8.67. The summed E-state index contributed by atoms with van der Waals surface area (Å²) in [5, 5.41) is 11.5. The molecule has 2 aromatic carbocycles. The van der Waals surface area contributed by atoms with Crippen molar-refractivity contribution in [3.8, 4) is 0 Å². The number of benzene rings is 2. The number of hydrogen-bond donors (Lipinski definition) is 3. The number of carbonyl (C=O) groups is 1. The molecule has 0 aliphatic rings. The van der Waals surface area contributed by atoms with E-state index in [0.717, 1.165) is 12.1 Å². The smallest absolute Gasteiger partial charge is 0.277 e. The SMILES string of the molecule is CC(O)CCONC(=O)c1ccc(F)c(F)c1Nc1ccc(I)cc1F. The third-order valence-electron chi connectivity index (χ3n) is 3.33. The Kier molecular flexibility index (Phi) is 7.23. The van der Waals surface area contributed by atoms with E-state index in [-0.39, 0.29) is 24.3 Å². The second-order valence-electron chi connectivity index (χ2n) is 5.45. The number of anilines is 2. The molecule has 2 aromatic rings. The largest absolute Gasteiger partial charge is 0.393 e. The quantitative estimate of drug-likeness (QED) is 0.320. The molecule has 1 unspecified atom stereocenters. The van der Waals surface area contributed by atoms with Gasteiger partial charge in [-0.15, -0.1) is 0 Å². The molecule has 0 fully saturated rings. The van der Waals surface area contributed by atoms with Crippen LogP contribution in [-0.2, 0) is 4.84 Å². The Morgan fingerprint density at radius 1 is 1.23 bits per heavy atom. The lowest BCUT2D eigenvalue weighted by Gasteiger charge is -2.14. The van der Waals surface area contributed by atoms with E-state index >= 15 is 0 Å². The van der Waals surface area contributed by atoms with Crippen molar-refractivity contribution in [3.05, 3.63) is 56.9 Å². The lowest BCUT2D eigenvalue weighted by atomic mass is 10.1. The average molecular weight is 480 g/mol. The van der Waals surface area contributed by atoms with Crippen LogP contribution in [-0.4, -0.2) is 23.7 Å². The molecule has 0 radical (unpaired) electrons. The molecule has 0 aliphatic heterocycles. The van der Waals surface area contributed by atoms with Crippen LogP contribution in [0.25, 0.3) is 0 Å². The van der Waals surface area contributed by atoms with E-state index in [1.54, 1.807) is 13.0 Å². The van der Waals surface area contributed by atoms with Gasteiger partial charge in [0.25, 0.3) is 5.91 Å². The molecule has 0 saturated heterocycles. The van der Waals surface area contributed by atoms with Gasteiger partial charge in [-0.05, 0) is 66.3 Å². The molecule has 1 atom stereocenters. The maximum absolute atomic E-state index is 14.2. The second kappa shape index (κ2) is 9.19. The Labute approximate surface area is 161 Å². The van der Waals surface area contributed by atoms with Gasteiger partial charge in [0.1, 0.15) is 5.82 Å². The van der Waals surface area contributed by atoms with Crippen LogP contribution in [0.4, 0.5) is 24.5 Å². The van der Waals surface area contributed by atoms with Crippen molar-refractivity contribution in [2.24, 2.45) is 0 Å². The molecule has 9 heteroatoms. The summed E-state index contributed by atoms with van der Waals surface area (Å²) in [4.78, 5) is 17.1. The van der Waals surface area contributed by atoms with Gasteiger partial charge in [-0.3, -0.25) is 9.63 Å². The summed E-state index contributed by atoms with van der Waals surface area (Å²) < 4.78 is 42.4. The van der Waals surface area contributed by atoms with E-state index in [1.807, 2.05) is 22.6 Å². The van der Waals surface area contributed by atoms with Gasteiger partial charge < -0.3 is 10.4 Å². The van der Waals surface area contributed by atoms with E-state index in [4.69, 9.17) is 9.94 Å². The standard InChI is InChI=1S/C17H16F3IN2O3/c1-9(24)6-7-26-23-17(25)11-3-4-12(18)15(20)16(11)22-14-5-2-10(21)8-13(14)19/h2-5,8-9,22,24H,6-7H2,1H3,(H,23,25). The Morgan fingerprint density at radius 3 is 2.62 bits per heavy atom. The molecule has 3 N–H and O–H groups in total. The summed E-state index contributed by atoms with van der Waals surface area (Å²) >= 11 is 1.91. The molecule has 0 bridgehead atoms. The summed E-state index contributed by atoms with van der Waals surface area (Å²) in [6, 6.07) is 5.97. The van der Waals surface area contributed by atoms with E-state index in [2.05, 4.69) is 10.8 Å². The summed E-state index contributed by atoms with van der Waals surface area (Å²) in [7, 11) is 0. The molecule has 2 rings (SSSR count). The van der Waals surface area contributed by atoms with Crippen LogP contribution in [0, 0.1) is 21.0 Å². The number of nitrogens with one attached hydrogen (secondary N) is 2. The number of hydrogen-bond acceptors (Lipinski definition) is 4. The predicted octanol–water partition coefficient (Wildman–Crippen LogP) is 3.88. The van der Waals surface area contributed by atoms with Crippen molar-refractivity contribution in [3.63, 3.8) is 0 Å². The average Bonchev–Trinajstić information content (AvgIpc) is 2.57. The molecular weight excluding hydrogens is 464 g/mol. The first-order valence-electron chi connectivity index (χ1n) is 7.60. The number of carbonyl (C=O) groups excluding carboxylic acids is 1. The number of hydroxylamine groups is 1. The Bertz CT molecular complexity index is 803. The van der Waals surface area contributed by atoms with Gasteiger partial charge in [-0.1, -0.05) is 0 Å². The Balaban J connectivity index is 2.24. The van der Waals surface area contributed by atoms with Crippen LogP contribution in [0.2, 0.25) is 0 Å². The van der Waals surface area contributed by atoms with Gasteiger partial charge >= 0.3 is 0 Å². The van der Waals surface area contributed by atoms with Crippen molar-refractivity contribution in [1.29, 1.82) is 0 Å². The van der Waals surface area contributed by atoms with Crippen LogP contribution < -0.4 is 10.8 Å². The van der Waals surface area contributed by atoms with Crippen LogP contribution >= 0.6 is 22.6 Å². The highest BCUT2D eigenvalue weighted by molar-refractivity contribution is 14.1. The molecule has 0 heterocycles. The topological polar surface area (TPSA) is 70.6 Å². The molecule has 0 spiro atoms. The fourth-order valence-corrected chi connectivity index (χ4v) is 2.44. The minimum Gasteiger partial charge on any atom is -0.393 e. The zero-order chi connectivity index (χ0) is 19.3. The number of aliphatic hydroxyl groups excluding tert-OH is 1. The Morgan fingerprint density at radius 2 is 1.96 bits per heavy atom. The monoisotopic (exact) mass is 480 g/mol. The van der Waals surface area contributed by atoms with Crippen LogP contribution in [0.1, 0.15) is 23.7 Å². The van der Waals surface area contributed by atoms with Gasteiger partial charge in [-0.2, -0.15) is 0 Å². The van der Waals surface area contributed by atoms with E-state index in [0.29, 0.717) is 3.57 Å². The van der Waals surface area contributed by atoms with E-state index < -0.39 is 35.2 Å². The van der Waals surface area contributed by atoms with Crippen molar-refractivity contribution < 1.29 is 27.9 Å². The number of amides is 1. The van der Waals surface area contributed by atoms with Crippen molar-refractivity contribution >= 4 is 39.9 Å². The second-order valence-corrected chi connectivity index (χ2v) is 6.70. The molecule has 26 heavy (non-hydrogen) atoms. The normalized spacial score (nSPS) is 11.9. The van der Waals surface area contributed by atoms with E-state index in [9.17, 15) is 18.0 Å². The first-order chi connectivity index (χ1) is 12.3. The van der Waals surface area contributed by atoms with E-state index in [1.165, 1.54) is 12.1 Å². The highest BCUT2D eigenvalue weighted by Gasteiger charge is 2.20. The zero-order valence-electron chi connectivity index (χ0n) is 13.7. The lowest BCUT2D eigenvalue weighted by Crippen LogP contribution is -2.26. The van der Waals surface area contributed by atoms with Gasteiger partial charge in [0.05, 0.1) is 29.6 Å². The number of aliphatic hydroxyl groups is 1. The van der Waals surface area contributed by atoms with Crippen LogP contribution in [0.5, 0.6) is 0 Å². The summed E-state index contributed by atoms with van der Waals surface area (Å²) in [6.07, 6.45) is -0.340. The van der Waals surface area contributed by atoms with Gasteiger partial charge in [-0.25, -0.2) is 18.7 Å². The molecule has 0 aliphatic carbocycles. The summed E-state index contributed by atoms with van der Waals surface area (Å²) in [5.41, 5.74) is 1.19. The highest BCUT2D eigenvalue weighted by atomic mass is 127. The fraction of sp³-hybridized carbons (Fsp3) is 0.235. The third kappa shape index (κ3) is 5.32. The molecular formula is C17H16F3IN2O3. The van der Waals surface area contributed by atoms with Gasteiger partial charge in [0.15, 0.2) is 11.6 Å². The zero-order valence-corrected chi connectivity index (χ0v) is 15.8. The maximum Gasteiger partial charge on any atom is 0.277 e. The first kappa shape index (κ1) is 20.5. The molecule has 140 valence electrons.